The van der Waals surface area contributed by atoms with Crippen LogP contribution in [0.1, 0.15) is 49.9 Å². The normalized spacial score (nSPS) is 27.0. The molecule has 0 spiro atoms. The van der Waals surface area contributed by atoms with Gasteiger partial charge in [0.2, 0.25) is 0 Å². The molecule has 28 heavy (non-hydrogen) atoms. The number of hydrogen-bond donors (Lipinski definition) is 1. The van der Waals surface area contributed by atoms with Crippen LogP contribution < -0.4 is 5.32 Å². The van der Waals surface area contributed by atoms with Crippen LogP contribution in [0.5, 0.6) is 0 Å². The largest absolute Gasteiger partial charge is 0.465 e. The molecule has 7 heteroatoms. The molecule has 0 unspecified atom stereocenters. The van der Waals surface area contributed by atoms with Gasteiger partial charge in [0, 0.05) is 15.2 Å². The van der Waals surface area contributed by atoms with Gasteiger partial charge in [-0.15, -0.1) is 11.8 Å². The van der Waals surface area contributed by atoms with Crippen LogP contribution in [0.4, 0.5) is 0 Å². The molecule has 2 fully saturated rings. The molecule has 1 aliphatic heterocycles. The van der Waals surface area contributed by atoms with E-state index in [0.29, 0.717) is 40.9 Å². The summed E-state index contributed by atoms with van der Waals surface area (Å²) in [6, 6.07) is 5.13. The zero-order valence-corrected chi connectivity index (χ0v) is 18.0. The van der Waals surface area contributed by atoms with E-state index < -0.39 is 0 Å². The van der Waals surface area contributed by atoms with Crippen molar-refractivity contribution in [2.45, 2.75) is 55.7 Å². The van der Waals surface area contributed by atoms with Gasteiger partial charge in [0.1, 0.15) is 6.04 Å². The Morgan fingerprint density at radius 2 is 1.93 bits per heavy atom. The molecular formula is C21H28ClNO4S. The van der Waals surface area contributed by atoms with Gasteiger partial charge in [0.15, 0.2) is 0 Å². The minimum atomic E-state index is -0.306. The first-order valence-corrected chi connectivity index (χ1v) is 11.3. The SMILES string of the molecule is CCOC(=O)c1ccc(Cl)cc1S[C@H]1CC[C@H]2CN[C@H](C(=O)OCC)C[C@H]2C1. The van der Waals surface area contributed by atoms with Crippen LogP contribution in [0, 0.1) is 11.8 Å². The minimum Gasteiger partial charge on any atom is -0.465 e. The van der Waals surface area contributed by atoms with Crippen LogP contribution in [0.25, 0.3) is 0 Å². The molecule has 1 saturated carbocycles. The average Bonchev–Trinajstić information content (AvgIpc) is 2.68. The Balaban J connectivity index is 1.67. The van der Waals surface area contributed by atoms with E-state index in [1.165, 1.54) is 0 Å². The van der Waals surface area contributed by atoms with Crippen molar-refractivity contribution < 1.29 is 19.1 Å². The van der Waals surface area contributed by atoms with Crippen molar-refractivity contribution >= 4 is 35.3 Å². The lowest BCUT2D eigenvalue weighted by Crippen LogP contribution is -2.50. The average molecular weight is 426 g/mol. The Bertz CT molecular complexity index is 714. The highest BCUT2D eigenvalue weighted by atomic mass is 35.5. The Morgan fingerprint density at radius 1 is 1.14 bits per heavy atom. The molecule has 0 amide bonds. The summed E-state index contributed by atoms with van der Waals surface area (Å²) in [6.07, 6.45) is 4.06. The predicted octanol–water partition coefficient (Wildman–Crippen LogP) is 4.32. The summed E-state index contributed by atoms with van der Waals surface area (Å²) < 4.78 is 10.4. The maximum Gasteiger partial charge on any atom is 0.339 e. The highest BCUT2D eigenvalue weighted by Crippen LogP contribution is 2.43. The molecule has 0 aromatic heterocycles. The number of hydrogen-bond acceptors (Lipinski definition) is 6. The number of benzene rings is 1. The van der Waals surface area contributed by atoms with Crippen LogP contribution in [0.15, 0.2) is 23.1 Å². The molecule has 1 aromatic rings. The van der Waals surface area contributed by atoms with Crippen molar-refractivity contribution in [2.75, 3.05) is 19.8 Å². The molecule has 1 aromatic carbocycles. The van der Waals surface area contributed by atoms with Crippen molar-refractivity contribution in [3.63, 3.8) is 0 Å². The van der Waals surface area contributed by atoms with E-state index >= 15 is 0 Å². The summed E-state index contributed by atoms with van der Waals surface area (Å²) in [5.74, 6) is 0.647. The molecule has 5 nitrogen and oxygen atoms in total. The lowest BCUT2D eigenvalue weighted by Gasteiger charge is -2.41. The summed E-state index contributed by atoms with van der Waals surface area (Å²) in [6.45, 7) is 5.27. The molecule has 2 aliphatic rings. The fraction of sp³-hybridized carbons (Fsp3) is 0.619. The fourth-order valence-corrected chi connectivity index (χ4v) is 5.87. The first kappa shape index (κ1) is 21.5. The van der Waals surface area contributed by atoms with Gasteiger partial charge in [-0.1, -0.05) is 11.6 Å². The third kappa shape index (κ3) is 5.22. The summed E-state index contributed by atoms with van der Waals surface area (Å²) in [7, 11) is 0. The second-order valence-corrected chi connectivity index (χ2v) is 9.16. The molecule has 154 valence electrons. The molecular weight excluding hydrogens is 398 g/mol. The number of fused-ring (bicyclic) bond motifs is 1. The van der Waals surface area contributed by atoms with Crippen LogP contribution in [-0.2, 0) is 14.3 Å². The van der Waals surface area contributed by atoms with Crippen LogP contribution >= 0.6 is 23.4 Å². The van der Waals surface area contributed by atoms with Gasteiger partial charge in [0.05, 0.1) is 18.8 Å². The molecule has 1 aliphatic carbocycles. The topological polar surface area (TPSA) is 64.6 Å². The fourth-order valence-electron chi connectivity index (χ4n) is 4.20. The Hall–Kier alpha value is -1.24. The van der Waals surface area contributed by atoms with Gasteiger partial charge < -0.3 is 14.8 Å². The second-order valence-electron chi connectivity index (χ2n) is 7.38. The number of carbonyl (C=O) groups excluding carboxylic acids is 2. The monoisotopic (exact) mass is 425 g/mol. The number of carbonyl (C=O) groups is 2. The van der Waals surface area contributed by atoms with E-state index in [2.05, 4.69) is 5.32 Å². The predicted molar refractivity (Wildman–Crippen MR) is 111 cm³/mol. The van der Waals surface area contributed by atoms with E-state index in [0.717, 1.165) is 37.1 Å². The lowest BCUT2D eigenvalue weighted by atomic mass is 9.73. The molecule has 4 atom stereocenters. The highest BCUT2D eigenvalue weighted by Gasteiger charge is 2.38. The van der Waals surface area contributed by atoms with E-state index in [4.69, 9.17) is 21.1 Å². The quantitative estimate of drug-likeness (QED) is 0.685. The Kier molecular flexibility index (Phi) is 7.66. The summed E-state index contributed by atoms with van der Waals surface area (Å²) >= 11 is 7.90. The second kappa shape index (κ2) is 9.99. The maximum atomic E-state index is 12.3. The molecule has 1 N–H and O–H groups in total. The number of ether oxygens (including phenoxy) is 2. The van der Waals surface area contributed by atoms with Crippen molar-refractivity contribution in [3.8, 4) is 0 Å². The van der Waals surface area contributed by atoms with Gasteiger partial charge >= 0.3 is 11.9 Å². The van der Waals surface area contributed by atoms with Crippen molar-refractivity contribution in [1.29, 1.82) is 0 Å². The molecule has 1 heterocycles. The van der Waals surface area contributed by atoms with Crippen LogP contribution in [0.2, 0.25) is 5.02 Å². The number of rotatable bonds is 6. The van der Waals surface area contributed by atoms with Gasteiger partial charge in [-0.3, -0.25) is 4.79 Å². The van der Waals surface area contributed by atoms with E-state index in [-0.39, 0.29) is 18.0 Å². The van der Waals surface area contributed by atoms with Crippen molar-refractivity contribution in [2.24, 2.45) is 11.8 Å². The molecule has 1 saturated heterocycles. The molecule has 0 bridgehead atoms. The van der Waals surface area contributed by atoms with Crippen LogP contribution in [-0.4, -0.2) is 43.0 Å². The maximum absolute atomic E-state index is 12.3. The molecule has 3 rings (SSSR count). The van der Waals surface area contributed by atoms with Gasteiger partial charge in [-0.2, -0.15) is 0 Å². The Labute approximate surface area is 175 Å². The third-order valence-electron chi connectivity index (χ3n) is 5.56. The molecule has 0 radical (unpaired) electrons. The first-order valence-electron chi connectivity index (χ1n) is 10.0. The smallest absolute Gasteiger partial charge is 0.339 e. The summed E-state index contributed by atoms with van der Waals surface area (Å²) in [5.41, 5.74) is 0.577. The third-order valence-corrected chi connectivity index (χ3v) is 7.15. The number of piperidine rings is 1. The zero-order valence-electron chi connectivity index (χ0n) is 16.4. The lowest BCUT2D eigenvalue weighted by molar-refractivity contribution is -0.147. The van der Waals surface area contributed by atoms with Crippen molar-refractivity contribution in [3.05, 3.63) is 28.8 Å². The zero-order chi connectivity index (χ0) is 20.1. The Morgan fingerprint density at radius 3 is 2.68 bits per heavy atom. The van der Waals surface area contributed by atoms with E-state index in [1.54, 1.807) is 30.8 Å². The number of nitrogens with one attached hydrogen (secondary N) is 1. The van der Waals surface area contributed by atoms with E-state index in [9.17, 15) is 9.59 Å². The summed E-state index contributed by atoms with van der Waals surface area (Å²) in [4.78, 5) is 25.3. The van der Waals surface area contributed by atoms with Crippen LogP contribution in [0.3, 0.4) is 0 Å². The van der Waals surface area contributed by atoms with E-state index in [1.807, 2.05) is 13.0 Å². The first-order chi connectivity index (χ1) is 13.5. The van der Waals surface area contributed by atoms with Gasteiger partial charge in [-0.25, -0.2) is 4.79 Å². The van der Waals surface area contributed by atoms with Gasteiger partial charge in [-0.05, 0) is 76.1 Å². The van der Waals surface area contributed by atoms with Gasteiger partial charge in [0.25, 0.3) is 0 Å². The van der Waals surface area contributed by atoms with Crippen molar-refractivity contribution in [1.82, 2.24) is 5.32 Å². The number of esters is 2. The standard InChI is InChI=1S/C21H28ClNO4S/c1-3-26-20(24)17-8-6-15(22)11-19(17)28-16-7-5-13-12-23-18(10-14(13)9-16)21(25)27-4-2/h6,8,11,13-14,16,18,23H,3-5,7,9-10,12H2,1-2H3/t13-,14+,16-,18-/m0/s1. The highest BCUT2D eigenvalue weighted by molar-refractivity contribution is 8.00. The number of thioether (sulfide) groups is 1. The minimum absolute atomic E-state index is 0.143. The number of halogens is 1. The summed E-state index contributed by atoms with van der Waals surface area (Å²) in [5, 5.41) is 4.37.